The molecule has 30 heavy (non-hydrogen) atoms. The van der Waals surface area contributed by atoms with Gasteiger partial charge in [0.2, 0.25) is 5.91 Å². The third-order valence-corrected chi connectivity index (χ3v) is 7.67. The molecular weight excluding hydrogens is 416 g/mol. The van der Waals surface area contributed by atoms with E-state index < -0.39 is 10.0 Å². The maximum absolute atomic E-state index is 12.8. The number of carbonyl (C=O) groups excluding carboxylic acids is 1. The molecule has 0 fully saturated rings. The van der Waals surface area contributed by atoms with Gasteiger partial charge < -0.3 is 4.90 Å². The number of rotatable bonds is 5. The van der Waals surface area contributed by atoms with Crippen molar-refractivity contribution in [2.24, 2.45) is 0 Å². The van der Waals surface area contributed by atoms with E-state index in [0.717, 1.165) is 16.1 Å². The molecule has 0 saturated carbocycles. The van der Waals surface area contributed by atoms with Gasteiger partial charge in [0.15, 0.2) is 0 Å². The number of amides is 1. The minimum absolute atomic E-state index is 0.0376. The Kier molecular flexibility index (Phi) is 5.34. The predicted molar refractivity (Wildman–Crippen MR) is 121 cm³/mol. The van der Waals surface area contributed by atoms with Crippen LogP contribution in [-0.2, 0) is 21.2 Å². The first-order chi connectivity index (χ1) is 14.2. The van der Waals surface area contributed by atoms with Crippen molar-refractivity contribution >= 4 is 39.1 Å². The molecule has 7 heteroatoms. The minimum atomic E-state index is -3.74. The van der Waals surface area contributed by atoms with Gasteiger partial charge in [-0.25, -0.2) is 8.42 Å². The number of anilines is 2. The fourth-order valence-electron chi connectivity index (χ4n) is 3.46. The second-order valence-electron chi connectivity index (χ2n) is 7.42. The van der Waals surface area contributed by atoms with Crippen LogP contribution in [0, 0.1) is 13.8 Å². The first-order valence-electron chi connectivity index (χ1n) is 9.50. The summed E-state index contributed by atoms with van der Waals surface area (Å²) < 4.78 is 28.2. The minimum Gasteiger partial charge on any atom is -0.315 e. The highest BCUT2D eigenvalue weighted by Crippen LogP contribution is 2.33. The summed E-state index contributed by atoms with van der Waals surface area (Å²) in [6.45, 7) is 4.15. The molecule has 3 aromatic carbocycles. The Morgan fingerprint density at radius 3 is 2.40 bits per heavy atom. The summed E-state index contributed by atoms with van der Waals surface area (Å²) in [5.74, 6) is -0.0376. The third-order valence-electron chi connectivity index (χ3n) is 5.10. The van der Waals surface area contributed by atoms with E-state index in [-0.39, 0.29) is 17.2 Å². The van der Waals surface area contributed by atoms with Crippen molar-refractivity contribution in [2.75, 3.05) is 16.7 Å². The average Bonchev–Trinajstić information content (AvgIpc) is 2.98. The summed E-state index contributed by atoms with van der Waals surface area (Å²) in [7, 11) is -2.05. The number of hydrogen-bond acceptors (Lipinski definition) is 4. The van der Waals surface area contributed by atoms with Crippen LogP contribution in [0.2, 0.25) is 0 Å². The summed E-state index contributed by atoms with van der Waals surface area (Å²) in [6, 6.07) is 18.4. The summed E-state index contributed by atoms with van der Waals surface area (Å²) in [6.07, 6.45) is 0.222. The molecule has 0 aliphatic carbocycles. The molecule has 0 spiro atoms. The van der Waals surface area contributed by atoms with E-state index in [4.69, 9.17) is 0 Å². The topological polar surface area (TPSA) is 66.5 Å². The Labute approximate surface area is 181 Å². The van der Waals surface area contributed by atoms with Gasteiger partial charge in [0.05, 0.1) is 11.3 Å². The van der Waals surface area contributed by atoms with Gasteiger partial charge in [0.1, 0.15) is 0 Å². The van der Waals surface area contributed by atoms with E-state index in [0.29, 0.717) is 5.69 Å². The molecule has 1 N–H and O–H groups in total. The molecule has 0 saturated heterocycles. The lowest BCUT2D eigenvalue weighted by molar-refractivity contribution is -0.117. The van der Waals surface area contributed by atoms with Gasteiger partial charge >= 0.3 is 0 Å². The number of sulfonamides is 1. The molecule has 0 atom stereocenters. The molecule has 0 radical (unpaired) electrons. The van der Waals surface area contributed by atoms with Gasteiger partial charge in [0.25, 0.3) is 10.0 Å². The van der Waals surface area contributed by atoms with Crippen LogP contribution in [0.5, 0.6) is 0 Å². The number of benzene rings is 3. The van der Waals surface area contributed by atoms with Crippen molar-refractivity contribution in [3.05, 3.63) is 77.4 Å². The van der Waals surface area contributed by atoms with Crippen molar-refractivity contribution in [1.82, 2.24) is 0 Å². The van der Waals surface area contributed by atoms with Crippen LogP contribution in [0.3, 0.4) is 0 Å². The molecule has 3 aromatic rings. The molecule has 5 nitrogen and oxygen atoms in total. The number of fused-ring (bicyclic) bond motifs is 1. The van der Waals surface area contributed by atoms with Crippen molar-refractivity contribution in [3.8, 4) is 0 Å². The fraction of sp³-hybridized carbons (Fsp3) is 0.174. The Morgan fingerprint density at radius 2 is 1.70 bits per heavy atom. The van der Waals surface area contributed by atoms with Gasteiger partial charge in [-0.15, -0.1) is 0 Å². The number of likely N-dealkylation sites (N-methyl/N-ethyl adjacent to an activating group) is 1. The number of carbonyl (C=O) groups is 1. The second kappa shape index (κ2) is 7.81. The Balaban J connectivity index is 1.50. The van der Waals surface area contributed by atoms with Gasteiger partial charge in [0, 0.05) is 28.2 Å². The van der Waals surface area contributed by atoms with Crippen molar-refractivity contribution in [1.29, 1.82) is 0 Å². The molecule has 0 unspecified atom stereocenters. The van der Waals surface area contributed by atoms with E-state index >= 15 is 0 Å². The third kappa shape index (κ3) is 4.08. The molecule has 1 heterocycles. The van der Waals surface area contributed by atoms with E-state index in [2.05, 4.69) is 36.8 Å². The van der Waals surface area contributed by atoms with Crippen LogP contribution >= 0.6 is 11.8 Å². The normalized spacial score (nSPS) is 13.4. The molecule has 0 bridgehead atoms. The quantitative estimate of drug-likeness (QED) is 0.623. The zero-order valence-electron chi connectivity index (χ0n) is 17.0. The second-order valence-corrected chi connectivity index (χ2v) is 10.2. The molecular formula is C23H22N2O3S2. The average molecular weight is 439 g/mol. The highest BCUT2D eigenvalue weighted by Gasteiger charge is 2.26. The lowest BCUT2D eigenvalue weighted by Gasteiger charge is -2.12. The number of aryl methyl sites for hydroxylation is 2. The van der Waals surface area contributed by atoms with E-state index in [1.54, 1.807) is 48.0 Å². The molecule has 0 aromatic heterocycles. The smallest absolute Gasteiger partial charge is 0.261 e. The first-order valence-corrected chi connectivity index (χ1v) is 11.8. The van der Waals surface area contributed by atoms with E-state index in [1.807, 2.05) is 12.1 Å². The van der Waals surface area contributed by atoms with Crippen molar-refractivity contribution in [2.45, 2.75) is 35.0 Å². The zero-order valence-corrected chi connectivity index (χ0v) is 18.6. The SMILES string of the molecule is Cc1ccc(Sc2ccc(NS(=O)(=O)c3ccc4c(c3)CC(=O)N4C)cc2)c(C)c1. The number of nitrogens with one attached hydrogen (secondary N) is 1. The summed E-state index contributed by atoms with van der Waals surface area (Å²) >= 11 is 1.65. The fourth-order valence-corrected chi connectivity index (χ4v) is 5.45. The van der Waals surface area contributed by atoms with Crippen LogP contribution in [0.25, 0.3) is 0 Å². The van der Waals surface area contributed by atoms with Gasteiger partial charge in [-0.1, -0.05) is 29.5 Å². The zero-order chi connectivity index (χ0) is 21.5. The summed E-state index contributed by atoms with van der Waals surface area (Å²) in [5, 5.41) is 0. The van der Waals surface area contributed by atoms with Crippen molar-refractivity contribution < 1.29 is 13.2 Å². The first kappa shape index (κ1) is 20.5. The predicted octanol–water partition coefficient (Wildman–Crippen LogP) is 4.77. The Morgan fingerprint density at radius 1 is 0.967 bits per heavy atom. The lowest BCUT2D eigenvalue weighted by Crippen LogP contribution is -2.20. The highest BCUT2D eigenvalue weighted by atomic mass is 32.2. The lowest BCUT2D eigenvalue weighted by atomic mass is 10.2. The largest absolute Gasteiger partial charge is 0.315 e. The Bertz CT molecular complexity index is 1240. The highest BCUT2D eigenvalue weighted by molar-refractivity contribution is 7.99. The van der Waals surface area contributed by atoms with Crippen molar-refractivity contribution in [3.63, 3.8) is 0 Å². The molecule has 154 valence electrons. The summed E-state index contributed by atoms with van der Waals surface area (Å²) in [5.41, 5.74) is 4.42. The molecule has 4 rings (SSSR count). The molecule has 1 amide bonds. The maximum atomic E-state index is 12.8. The maximum Gasteiger partial charge on any atom is 0.261 e. The number of hydrogen-bond donors (Lipinski definition) is 1. The van der Waals surface area contributed by atoms with E-state index in [9.17, 15) is 13.2 Å². The van der Waals surface area contributed by atoms with Crippen LogP contribution in [0.15, 0.2) is 75.4 Å². The van der Waals surface area contributed by atoms with Gasteiger partial charge in [-0.2, -0.15) is 0 Å². The number of nitrogens with zero attached hydrogens (tertiary/aromatic N) is 1. The molecule has 1 aliphatic heterocycles. The van der Waals surface area contributed by atoms with E-state index in [1.165, 1.54) is 22.1 Å². The van der Waals surface area contributed by atoms with Crippen LogP contribution in [0.4, 0.5) is 11.4 Å². The Hall–Kier alpha value is -2.77. The van der Waals surface area contributed by atoms with Gasteiger partial charge in [-0.05, 0) is 73.5 Å². The standard InChI is InChI=1S/C23H22N2O3S2/c1-15-4-11-22(16(2)12-15)29-19-7-5-18(6-8-19)24-30(27,28)20-9-10-21-17(13-20)14-23(26)25(21)3/h4-13,24H,14H2,1-3H3. The summed E-state index contributed by atoms with van der Waals surface area (Å²) in [4.78, 5) is 15.7. The van der Waals surface area contributed by atoms with Crippen LogP contribution in [0.1, 0.15) is 16.7 Å². The van der Waals surface area contributed by atoms with Crippen LogP contribution < -0.4 is 9.62 Å². The van der Waals surface area contributed by atoms with Crippen LogP contribution in [-0.4, -0.2) is 21.4 Å². The van der Waals surface area contributed by atoms with Gasteiger partial charge in [-0.3, -0.25) is 9.52 Å². The molecule has 1 aliphatic rings. The monoisotopic (exact) mass is 438 g/mol.